The summed E-state index contributed by atoms with van der Waals surface area (Å²) in [4.78, 5) is 10.9. The molecule has 0 saturated carbocycles. The van der Waals surface area contributed by atoms with Gasteiger partial charge < -0.3 is 10.6 Å². The van der Waals surface area contributed by atoms with E-state index in [0.29, 0.717) is 13.1 Å². The highest BCUT2D eigenvalue weighted by molar-refractivity contribution is 5.78. The van der Waals surface area contributed by atoms with Crippen LogP contribution in [0.3, 0.4) is 0 Å². The minimum absolute atomic E-state index is 0.0463. The van der Waals surface area contributed by atoms with E-state index in [1.54, 1.807) is 0 Å². The maximum atomic E-state index is 10.9. The van der Waals surface area contributed by atoms with Gasteiger partial charge in [-0.25, -0.2) is 0 Å². The highest BCUT2D eigenvalue weighted by atomic mass is 16.1. The van der Waals surface area contributed by atoms with Crippen molar-refractivity contribution in [3.05, 3.63) is 12.2 Å². The Morgan fingerprint density at radius 3 is 2.82 bits per heavy atom. The minimum atomic E-state index is 0.0463. The third kappa shape index (κ3) is 7.06. The summed E-state index contributed by atoms with van der Waals surface area (Å²) in [5.41, 5.74) is 0. The van der Waals surface area contributed by atoms with Gasteiger partial charge in [-0.05, 0) is 13.5 Å². The highest BCUT2D eigenvalue weighted by Crippen LogP contribution is 1.68. The second-order valence-corrected chi connectivity index (χ2v) is 2.15. The van der Waals surface area contributed by atoms with Gasteiger partial charge in [0.1, 0.15) is 0 Å². The normalized spacial score (nSPS) is 10.4. The lowest BCUT2D eigenvalue weighted by Gasteiger charge is -2.01. The molecule has 0 unspecified atom stereocenters. The molecule has 0 heterocycles. The van der Waals surface area contributed by atoms with E-state index >= 15 is 0 Å². The lowest BCUT2D eigenvalue weighted by molar-refractivity contribution is -0.120. The van der Waals surface area contributed by atoms with Crippen LogP contribution in [0.15, 0.2) is 12.2 Å². The van der Waals surface area contributed by atoms with Crippen molar-refractivity contribution < 1.29 is 4.79 Å². The highest BCUT2D eigenvalue weighted by Gasteiger charge is 1.94. The number of hydrogen-bond donors (Lipinski definition) is 2. The molecule has 0 rings (SSSR count). The van der Waals surface area contributed by atoms with Crippen molar-refractivity contribution in [2.45, 2.75) is 13.8 Å². The molecule has 2 N–H and O–H groups in total. The van der Waals surface area contributed by atoms with Gasteiger partial charge in [0.2, 0.25) is 5.91 Å². The van der Waals surface area contributed by atoms with Crippen LogP contribution in [-0.2, 0) is 4.79 Å². The zero-order valence-electron chi connectivity index (χ0n) is 7.18. The third-order valence-electron chi connectivity index (χ3n) is 1.19. The van der Waals surface area contributed by atoms with E-state index in [0.717, 1.165) is 6.54 Å². The molecule has 3 heteroatoms. The third-order valence-corrected chi connectivity index (χ3v) is 1.19. The van der Waals surface area contributed by atoms with Crippen molar-refractivity contribution in [2.75, 3.05) is 19.6 Å². The summed E-state index contributed by atoms with van der Waals surface area (Å²) in [6.45, 7) is 5.77. The fourth-order valence-electron chi connectivity index (χ4n) is 0.592. The van der Waals surface area contributed by atoms with Crippen LogP contribution in [0.2, 0.25) is 0 Å². The molecule has 1 amide bonds. The van der Waals surface area contributed by atoms with E-state index in [2.05, 4.69) is 10.6 Å². The molecule has 0 atom stereocenters. The van der Waals surface area contributed by atoms with Crippen molar-refractivity contribution in [2.24, 2.45) is 0 Å². The number of carbonyl (C=O) groups is 1. The molecule has 0 aliphatic heterocycles. The van der Waals surface area contributed by atoms with Crippen molar-refractivity contribution in [3.63, 3.8) is 0 Å². The summed E-state index contributed by atoms with van der Waals surface area (Å²) in [7, 11) is 0. The van der Waals surface area contributed by atoms with Gasteiger partial charge in [0.05, 0.1) is 6.54 Å². The summed E-state index contributed by atoms with van der Waals surface area (Å²) in [5, 5.41) is 5.67. The second kappa shape index (κ2) is 7.28. The van der Waals surface area contributed by atoms with E-state index in [4.69, 9.17) is 0 Å². The van der Waals surface area contributed by atoms with Crippen molar-refractivity contribution in [3.8, 4) is 0 Å². The maximum absolute atomic E-state index is 10.9. The molecule has 0 saturated heterocycles. The maximum Gasteiger partial charge on any atom is 0.234 e. The monoisotopic (exact) mass is 156 g/mol. The number of nitrogens with one attached hydrogen (secondary N) is 2. The van der Waals surface area contributed by atoms with Crippen LogP contribution in [0.1, 0.15) is 13.8 Å². The molecule has 0 bridgehead atoms. The summed E-state index contributed by atoms with van der Waals surface area (Å²) >= 11 is 0. The minimum Gasteiger partial charge on any atom is -0.352 e. The molecule has 0 aromatic rings. The quantitative estimate of drug-likeness (QED) is 0.562. The average Bonchev–Trinajstić information content (AvgIpc) is 2.01. The van der Waals surface area contributed by atoms with Crippen LogP contribution in [0.5, 0.6) is 0 Å². The van der Waals surface area contributed by atoms with Gasteiger partial charge in [0.15, 0.2) is 0 Å². The van der Waals surface area contributed by atoms with Crippen LogP contribution in [-0.4, -0.2) is 25.5 Å². The van der Waals surface area contributed by atoms with Gasteiger partial charge in [0, 0.05) is 6.54 Å². The number of likely N-dealkylation sites (N-methyl/N-ethyl adjacent to an activating group) is 1. The van der Waals surface area contributed by atoms with Crippen LogP contribution in [0, 0.1) is 0 Å². The molecular weight excluding hydrogens is 140 g/mol. The number of hydrogen-bond acceptors (Lipinski definition) is 2. The Balaban J connectivity index is 3.22. The standard InChI is InChI=1S/C8H16N2O/c1-3-5-6-10-8(11)7-9-4-2/h3,5,9H,4,6-7H2,1-2H3,(H,10,11)/b5-3+. The summed E-state index contributed by atoms with van der Waals surface area (Å²) in [6, 6.07) is 0. The Hall–Kier alpha value is -0.830. The van der Waals surface area contributed by atoms with Gasteiger partial charge in [0.25, 0.3) is 0 Å². The van der Waals surface area contributed by atoms with E-state index in [1.807, 2.05) is 26.0 Å². The van der Waals surface area contributed by atoms with Crippen LogP contribution < -0.4 is 10.6 Å². The Morgan fingerprint density at radius 1 is 1.55 bits per heavy atom. The van der Waals surface area contributed by atoms with E-state index in [1.165, 1.54) is 0 Å². The first-order chi connectivity index (χ1) is 5.31. The average molecular weight is 156 g/mol. The van der Waals surface area contributed by atoms with Gasteiger partial charge in [-0.3, -0.25) is 4.79 Å². The first-order valence-electron chi connectivity index (χ1n) is 3.89. The molecule has 0 radical (unpaired) electrons. The number of allylic oxidation sites excluding steroid dienone is 1. The van der Waals surface area contributed by atoms with Crippen molar-refractivity contribution in [1.82, 2.24) is 10.6 Å². The number of amides is 1. The summed E-state index contributed by atoms with van der Waals surface area (Å²) < 4.78 is 0. The molecular formula is C8H16N2O. The lowest BCUT2D eigenvalue weighted by Crippen LogP contribution is -2.33. The first kappa shape index (κ1) is 10.2. The predicted molar refractivity (Wildman–Crippen MR) is 46.4 cm³/mol. The smallest absolute Gasteiger partial charge is 0.234 e. The Bertz CT molecular complexity index is 132. The van der Waals surface area contributed by atoms with Gasteiger partial charge >= 0.3 is 0 Å². The van der Waals surface area contributed by atoms with E-state index in [9.17, 15) is 4.79 Å². The number of rotatable bonds is 5. The zero-order valence-corrected chi connectivity index (χ0v) is 7.18. The summed E-state index contributed by atoms with van der Waals surface area (Å²) in [6.07, 6.45) is 3.82. The topological polar surface area (TPSA) is 41.1 Å². The molecule has 0 spiro atoms. The fraction of sp³-hybridized carbons (Fsp3) is 0.625. The molecule has 11 heavy (non-hydrogen) atoms. The molecule has 0 aliphatic rings. The molecule has 0 aromatic heterocycles. The Labute approximate surface area is 67.9 Å². The van der Waals surface area contributed by atoms with Gasteiger partial charge in [-0.1, -0.05) is 19.1 Å². The molecule has 0 aromatic carbocycles. The molecule has 3 nitrogen and oxygen atoms in total. The largest absolute Gasteiger partial charge is 0.352 e. The molecule has 64 valence electrons. The molecule has 0 fully saturated rings. The van der Waals surface area contributed by atoms with Crippen molar-refractivity contribution >= 4 is 5.91 Å². The lowest BCUT2D eigenvalue weighted by atomic mass is 10.5. The first-order valence-corrected chi connectivity index (χ1v) is 3.89. The van der Waals surface area contributed by atoms with Crippen LogP contribution >= 0.6 is 0 Å². The second-order valence-electron chi connectivity index (χ2n) is 2.15. The molecule has 0 aliphatic carbocycles. The SMILES string of the molecule is C/C=C/CNC(=O)CNCC. The summed E-state index contributed by atoms with van der Waals surface area (Å²) in [5.74, 6) is 0.0463. The number of carbonyl (C=O) groups excluding carboxylic acids is 1. The fourth-order valence-corrected chi connectivity index (χ4v) is 0.592. The van der Waals surface area contributed by atoms with Crippen LogP contribution in [0.4, 0.5) is 0 Å². The van der Waals surface area contributed by atoms with Gasteiger partial charge in [-0.15, -0.1) is 0 Å². The van der Waals surface area contributed by atoms with Crippen molar-refractivity contribution in [1.29, 1.82) is 0 Å². The predicted octanol–water partition coefficient (Wildman–Crippen LogP) is 0.288. The van der Waals surface area contributed by atoms with E-state index < -0.39 is 0 Å². The van der Waals surface area contributed by atoms with Gasteiger partial charge in [-0.2, -0.15) is 0 Å². The Morgan fingerprint density at radius 2 is 2.27 bits per heavy atom. The zero-order chi connectivity index (χ0) is 8.53. The Kier molecular flexibility index (Phi) is 6.73. The van der Waals surface area contributed by atoms with Crippen LogP contribution in [0.25, 0.3) is 0 Å². The van der Waals surface area contributed by atoms with E-state index in [-0.39, 0.29) is 5.91 Å².